The van der Waals surface area contributed by atoms with Gasteiger partial charge in [-0.1, -0.05) is 68.2 Å². The van der Waals surface area contributed by atoms with Gasteiger partial charge in [0.1, 0.15) is 5.75 Å². The summed E-state index contributed by atoms with van der Waals surface area (Å²) in [4.78, 5) is 28.9. The highest BCUT2D eigenvalue weighted by atomic mass is 16.5. The number of nitrogens with zero attached hydrogens (tertiary/aromatic N) is 1. The SMILES string of the molecule is CCCC1=C2[C@@H](CC/C(=C/c3cccc(O)c3)CCC)OB(O)C[C@@H]2[C@@H]2C(=O)N(c3cccc(B(O)O)c3)C(=O)[C@@H]2C1. The molecule has 1 aliphatic carbocycles. The van der Waals surface area contributed by atoms with Crippen LogP contribution in [0.25, 0.3) is 6.08 Å². The molecule has 2 fully saturated rings. The van der Waals surface area contributed by atoms with Gasteiger partial charge in [-0.15, -0.1) is 0 Å². The Balaban J connectivity index is 1.44. The number of hydrogen-bond donors (Lipinski definition) is 4. The van der Waals surface area contributed by atoms with E-state index in [2.05, 4.69) is 19.9 Å². The third-order valence-corrected chi connectivity index (χ3v) is 8.83. The van der Waals surface area contributed by atoms with E-state index in [-0.39, 0.29) is 41.4 Å². The number of aromatic hydroxyl groups is 1. The first-order chi connectivity index (χ1) is 20.2. The molecule has 3 aliphatic rings. The molecule has 0 unspecified atom stereocenters. The molecule has 220 valence electrons. The van der Waals surface area contributed by atoms with E-state index in [1.54, 1.807) is 24.3 Å². The summed E-state index contributed by atoms with van der Waals surface area (Å²) < 4.78 is 6.16. The highest BCUT2D eigenvalue weighted by Gasteiger charge is 2.57. The fraction of sp³-hybridized carbons (Fsp3) is 0.438. The van der Waals surface area contributed by atoms with Gasteiger partial charge in [-0.2, -0.15) is 0 Å². The van der Waals surface area contributed by atoms with Crippen molar-refractivity contribution < 1.29 is 34.4 Å². The lowest BCUT2D eigenvalue weighted by Crippen LogP contribution is -2.46. The van der Waals surface area contributed by atoms with E-state index in [0.717, 1.165) is 48.8 Å². The first-order valence-electron chi connectivity index (χ1n) is 15.1. The van der Waals surface area contributed by atoms with Crippen LogP contribution < -0.4 is 10.4 Å². The fourth-order valence-corrected chi connectivity index (χ4v) is 7.14. The number of allylic oxidation sites excluding steroid dienone is 2. The number of carbonyl (C=O) groups is 2. The van der Waals surface area contributed by atoms with Gasteiger partial charge in [0, 0.05) is 0 Å². The molecule has 8 nitrogen and oxygen atoms in total. The van der Waals surface area contributed by atoms with Crippen molar-refractivity contribution in [3.8, 4) is 5.75 Å². The number of anilines is 1. The molecule has 0 aromatic heterocycles. The van der Waals surface area contributed by atoms with Gasteiger partial charge in [-0.25, -0.2) is 0 Å². The quantitative estimate of drug-likeness (QED) is 0.194. The van der Waals surface area contributed by atoms with Crippen molar-refractivity contribution in [2.45, 2.75) is 71.2 Å². The van der Waals surface area contributed by atoms with Crippen LogP contribution in [-0.4, -0.2) is 52.3 Å². The van der Waals surface area contributed by atoms with Crippen LogP contribution in [0.1, 0.15) is 64.4 Å². The second-order valence-corrected chi connectivity index (χ2v) is 11.7. The number of phenolic OH excluding ortho intramolecular Hbond substituents is 1. The second-order valence-electron chi connectivity index (χ2n) is 11.7. The lowest BCUT2D eigenvalue weighted by molar-refractivity contribution is -0.122. The lowest BCUT2D eigenvalue weighted by atomic mass is 9.58. The normalized spacial score (nSPS) is 24.3. The maximum Gasteiger partial charge on any atom is 0.488 e. The van der Waals surface area contributed by atoms with E-state index < -0.39 is 26.1 Å². The first-order valence-corrected chi connectivity index (χ1v) is 15.1. The van der Waals surface area contributed by atoms with Crippen molar-refractivity contribution in [3.63, 3.8) is 0 Å². The predicted octanol–water partition coefficient (Wildman–Crippen LogP) is 3.84. The van der Waals surface area contributed by atoms with Crippen molar-refractivity contribution in [2.24, 2.45) is 17.8 Å². The zero-order valence-corrected chi connectivity index (χ0v) is 24.3. The summed E-state index contributed by atoms with van der Waals surface area (Å²) in [5, 5.41) is 40.1. The molecule has 4 atom stereocenters. The maximum atomic E-state index is 14.0. The summed E-state index contributed by atoms with van der Waals surface area (Å²) in [6.07, 6.45) is 7.38. The van der Waals surface area contributed by atoms with Crippen LogP contribution in [0.3, 0.4) is 0 Å². The smallest absolute Gasteiger partial charge is 0.488 e. The van der Waals surface area contributed by atoms with Crippen molar-refractivity contribution in [1.29, 1.82) is 0 Å². The molecule has 0 radical (unpaired) electrons. The average Bonchev–Trinajstić information content (AvgIpc) is 3.21. The number of phenols is 1. The lowest BCUT2D eigenvalue weighted by Gasteiger charge is -2.43. The molecule has 0 spiro atoms. The molecule has 2 saturated heterocycles. The monoisotopic (exact) mass is 571 g/mol. The minimum atomic E-state index is -1.71. The van der Waals surface area contributed by atoms with Crippen LogP contribution in [0.4, 0.5) is 5.69 Å². The number of fused-ring (bicyclic) bond motifs is 3. The van der Waals surface area contributed by atoms with Crippen molar-refractivity contribution >= 4 is 43.3 Å². The van der Waals surface area contributed by atoms with Gasteiger partial charge in [0.2, 0.25) is 11.8 Å². The van der Waals surface area contributed by atoms with E-state index in [4.69, 9.17) is 4.65 Å². The molecule has 5 rings (SSSR count). The van der Waals surface area contributed by atoms with E-state index in [0.29, 0.717) is 18.5 Å². The molecule has 2 amide bonds. The van der Waals surface area contributed by atoms with Crippen molar-refractivity contribution in [3.05, 3.63) is 70.8 Å². The van der Waals surface area contributed by atoms with E-state index in [9.17, 15) is 29.8 Å². The molecule has 4 N–H and O–H groups in total. The minimum absolute atomic E-state index is 0.205. The van der Waals surface area contributed by atoms with Gasteiger partial charge < -0.3 is 24.8 Å². The molecule has 2 aromatic rings. The highest BCUT2D eigenvalue weighted by Crippen LogP contribution is 2.52. The Bertz CT molecular complexity index is 1390. The molecule has 2 aromatic carbocycles. The molecular formula is C32H39B2NO7. The number of carbonyl (C=O) groups excluding carboxylic acids is 2. The van der Waals surface area contributed by atoms with Gasteiger partial charge in [0.15, 0.2) is 0 Å². The van der Waals surface area contributed by atoms with Gasteiger partial charge in [0.25, 0.3) is 0 Å². The van der Waals surface area contributed by atoms with Gasteiger partial charge in [-0.3, -0.25) is 14.5 Å². The zero-order valence-electron chi connectivity index (χ0n) is 24.3. The van der Waals surface area contributed by atoms with Crippen LogP contribution >= 0.6 is 0 Å². The fourth-order valence-electron chi connectivity index (χ4n) is 7.14. The Morgan fingerprint density at radius 1 is 1.05 bits per heavy atom. The first kappa shape index (κ1) is 30.3. The Kier molecular flexibility index (Phi) is 9.38. The molecular weight excluding hydrogens is 532 g/mol. The van der Waals surface area contributed by atoms with Gasteiger partial charge >= 0.3 is 14.2 Å². The highest BCUT2D eigenvalue weighted by molar-refractivity contribution is 6.58. The molecule has 2 heterocycles. The topological polar surface area (TPSA) is 128 Å². The van der Waals surface area contributed by atoms with Crippen LogP contribution in [0, 0.1) is 17.8 Å². The van der Waals surface area contributed by atoms with Crippen LogP contribution in [0.15, 0.2) is 65.3 Å². The zero-order chi connectivity index (χ0) is 30.0. The third-order valence-electron chi connectivity index (χ3n) is 8.83. The third kappa shape index (κ3) is 6.13. The Morgan fingerprint density at radius 2 is 1.83 bits per heavy atom. The summed E-state index contributed by atoms with van der Waals surface area (Å²) in [5.41, 5.74) is 4.90. The average molecular weight is 571 g/mol. The molecule has 0 saturated carbocycles. The number of benzene rings is 2. The summed E-state index contributed by atoms with van der Waals surface area (Å²) in [6.45, 7) is 4.22. The van der Waals surface area contributed by atoms with Crippen molar-refractivity contribution in [2.75, 3.05) is 4.90 Å². The van der Waals surface area contributed by atoms with Gasteiger partial charge in [0.05, 0.1) is 23.6 Å². The van der Waals surface area contributed by atoms with E-state index >= 15 is 0 Å². The van der Waals surface area contributed by atoms with Gasteiger partial charge in [-0.05, 0) is 85.2 Å². The Hall–Kier alpha value is -3.17. The molecule has 42 heavy (non-hydrogen) atoms. The van der Waals surface area contributed by atoms with Crippen LogP contribution in [0.5, 0.6) is 5.75 Å². The van der Waals surface area contributed by atoms with E-state index in [1.165, 1.54) is 22.6 Å². The summed E-state index contributed by atoms with van der Waals surface area (Å²) in [5.74, 6) is -1.80. The molecule has 10 heteroatoms. The molecule has 0 bridgehead atoms. The predicted molar refractivity (Wildman–Crippen MR) is 164 cm³/mol. The largest absolute Gasteiger partial charge is 0.508 e. The van der Waals surface area contributed by atoms with E-state index in [1.807, 2.05) is 12.1 Å². The standard InChI is InChI=1S/C32H39B2NO7/c1-3-7-20(15-21-9-5-12-25(36)16-21)13-14-28-29-22(8-4-2)17-26-30(27(29)19-33(39)42-28)32(38)35(31(26)37)24-11-6-10-23(18-24)34(40)41/h5-6,9-12,15-16,18,26-28,30,36,39-41H,3-4,7-8,13-14,17,19H2,1-2H3/b20-15+/t26-,27+,28-,30-/m1/s1. The Labute approximate surface area is 248 Å². The van der Waals surface area contributed by atoms with Crippen LogP contribution in [0.2, 0.25) is 6.32 Å². The van der Waals surface area contributed by atoms with Crippen molar-refractivity contribution in [1.82, 2.24) is 0 Å². The maximum absolute atomic E-state index is 14.0. The minimum Gasteiger partial charge on any atom is -0.508 e. The summed E-state index contributed by atoms with van der Waals surface area (Å²) in [7, 11) is -2.75. The number of imide groups is 1. The summed E-state index contributed by atoms with van der Waals surface area (Å²) in [6, 6.07) is 13.4. The number of amides is 2. The second kappa shape index (κ2) is 13.0. The Morgan fingerprint density at radius 3 is 2.55 bits per heavy atom. The van der Waals surface area contributed by atoms with Crippen LogP contribution in [-0.2, 0) is 14.2 Å². The molecule has 2 aliphatic heterocycles. The number of rotatable bonds is 10. The summed E-state index contributed by atoms with van der Waals surface area (Å²) >= 11 is 0. The number of hydrogen-bond acceptors (Lipinski definition) is 7.